The van der Waals surface area contributed by atoms with E-state index in [-0.39, 0.29) is 30.1 Å². The Morgan fingerprint density at radius 3 is 3.04 bits per heavy atom. The predicted octanol–water partition coefficient (Wildman–Crippen LogP) is 2.37. The lowest BCUT2D eigenvalue weighted by Crippen LogP contribution is -2.48. The predicted molar refractivity (Wildman–Crippen MR) is 120 cm³/mol. The minimum atomic E-state index is 0. The molecule has 0 amide bonds. The number of nitrogens with zero attached hydrogens (tertiary/aromatic N) is 5. The van der Waals surface area contributed by atoms with E-state index >= 15 is 0 Å². The molecule has 3 aromatic rings. The average molecular weight is 495 g/mol. The second kappa shape index (κ2) is 8.91. The van der Waals surface area contributed by atoms with Gasteiger partial charge in [-0.2, -0.15) is 5.10 Å². The van der Waals surface area contributed by atoms with Crippen molar-refractivity contribution in [3.63, 3.8) is 0 Å². The van der Waals surface area contributed by atoms with Crippen molar-refractivity contribution >= 4 is 41.0 Å². The van der Waals surface area contributed by atoms with Crippen LogP contribution in [-0.2, 0) is 18.3 Å². The molecule has 8 nitrogen and oxygen atoms in total. The summed E-state index contributed by atoms with van der Waals surface area (Å²) in [6, 6.07) is 6.23. The van der Waals surface area contributed by atoms with Crippen LogP contribution in [0.15, 0.2) is 35.6 Å². The number of rotatable bonds is 3. The van der Waals surface area contributed by atoms with Gasteiger partial charge in [-0.3, -0.25) is 9.67 Å². The topological polar surface area (TPSA) is 83.4 Å². The molecule has 0 saturated carbocycles. The van der Waals surface area contributed by atoms with E-state index < -0.39 is 0 Å². The van der Waals surface area contributed by atoms with Crippen molar-refractivity contribution in [2.45, 2.75) is 19.6 Å². The van der Waals surface area contributed by atoms with E-state index in [0.29, 0.717) is 13.2 Å². The van der Waals surface area contributed by atoms with E-state index in [1.807, 2.05) is 25.5 Å². The molecular formula is C19H26IN7O. The van der Waals surface area contributed by atoms with Crippen LogP contribution in [0.4, 0.5) is 0 Å². The number of halogens is 1. The lowest BCUT2D eigenvalue weighted by atomic mass is 10.1. The number of hydrogen-bond donors (Lipinski definition) is 2. The molecule has 3 heterocycles. The second-order valence-corrected chi connectivity index (χ2v) is 6.86. The van der Waals surface area contributed by atoms with Crippen LogP contribution < -0.4 is 5.32 Å². The molecule has 28 heavy (non-hydrogen) atoms. The summed E-state index contributed by atoms with van der Waals surface area (Å²) in [4.78, 5) is 14.7. The van der Waals surface area contributed by atoms with Crippen molar-refractivity contribution in [1.29, 1.82) is 0 Å². The van der Waals surface area contributed by atoms with Gasteiger partial charge in [-0.05, 0) is 24.6 Å². The minimum Gasteiger partial charge on any atom is -0.370 e. The Balaban J connectivity index is 0.00000225. The molecule has 1 aliphatic heterocycles. The first-order valence-corrected chi connectivity index (χ1v) is 9.13. The van der Waals surface area contributed by atoms with Crippen LogP contribution in [0.1, 0.15) is 23.1 Å². The van der Waals surface area contributed by atoms with Crippen molar-refractivity contribution in [3.8, 4) is 0 Å². The van der Waals surface area contributed by atoms with Crippen molar-refractivity contribution in [1.82, 2.24) is 30.0 Å². The molecule has 1 unspecified atom stereocenters. The smallest absolute Gasteiger partial charge is 0.194 e. The van der Waals surface area contributed by atoms with Crippen molar-refractivity contribution in [2.24, 2.45) is 12.0 Å². The summed E-state index contributed by atoms with van der Waals surface area (Å²) in [6.45, 7) is 4.87. The minimum absolute atomic E-state index is 0. The number of fused-ring (bicyclic) bond motifs is 1. The fraction of sp³-hybridized carbons (Fsp3) is 0.421. The average Bonchev–Trinajstić information content (AvgIpc) is 3.28. The van der Waals surface area contributed by atoms with E-state index in [2.05, 4.69) is 49.3 Å². The maximum atomic E-state index is 5.92. The Bertz CT molecular complexity index is 964. The van der Waals surface area contributed by atoms with Gasteiger partial charge in [0.05, 0.1) is 36.9 Å². The van der Waals surface area contributed by atoms with E-state index in [0.717, 1.165) is 41.5 Å². The lowest BCUT2D eigenvalue weighted by molar-refractivity contribution is -0.00806. The number of nitrogens with one attached hydrogen (secondary N) is 2. The van der Waals surface area contributed by atoms with Gasteiger partial charge in [-0.25, -0.2) is 4.98 Å². The molecule has 0 bridgehead atoms. The van der Waals surface area contributed by atoms with Gasteiger partial charge in [0.1, 0.15) is 11.9 Å². The monoisotopic (exact) mass is 495 g/mol. The molecule has 0 radical (unpaired) electrons. The molecule has 0 spiro atoms. The highest BCUT2D eigenvalue weighted by molar-refractivity contribution is 14.0. The zero-order valence-corrected chi connectivity index (χ0v) is 18.7. The fourth-order valence-corrected chi connectivity index (χ4v) is 3.40. The molecule has 1 fully saturated rings. The number of benzene rings is 1. The van der Waals surface area contributed by atoms with Crippen molar-refractivity contribution < 1.29 is 4.74 Å². The largest absolute Gasteiger partial charge is 0.370 e. The molecule has 2 N–H and O–H groups in total. The van der Waals surface area contributed by atoms with Gasteiger partial charge in [-0.15, -0.1) is 24.0 Å². The van der Waals surface area contributed by atoms with E-state index in [9.17, 15) is 0 Å². The summed E-state index contributed by atoms with van der Waals surface area (Å²) in [7, 11) is 3.72. The fourth-order valence-electron chi connectivity index (χ4n) is 3.40. The van der Waals surface area contributed by atoms with Gasteiger partial charge in [-0.1, -0.05) is 6.07 Å². The Kier molecular flexibility index (Phi) is 6.55. The van der Waals surface area contributed by atoms with Crippen LogP contribution in [0, 0.1) is 6.92 Å². The number of aryl methyl sites for hydroxylation is 2. The molecule has 1 atom stereocenters. The number of guanidine groups is 1. The zero-order valence-electron chi connectivity index (χ0n) is 16.3. The van der Waals surface area contributed by atoms with Crippen LogP contribution in [0.25, 0.3) is 11.0 Å². The number of morpholine rings is 1. The van der Waals surface area contributed by atoms with Crippen molar-refractivity contribution in [2.75, 3.05) is 26.7 Å². The Labute approximate surface area is 181 Å². The Morgan fingerprint density at radius 2 is 2.29 bits per heavy atom. The van der Waals surface area contributed by atoms with Crippen LogP contribution in [0.5, 0.6) is 0 Å². The summed E-state index contributed by atoms with van der Waals surface area (Å²) in [6.07, 6.45) is 3.86. The van der Waals surface area contributed by atoms with Gasteiger partial charge in [0.15, 0.2) is 5.96 Å². The normalized spacial score (nSPS) is 17.6. The highest BCUT2D eigenvalue weighted by Crippen LogP contribution is 2.21. The third-order valence-corrected chi connectivity index (χ3v) is 4.77. The SMILES string of the molecule is CN=C(NCc1nc2ccc(C)cc2[nH]1)N1CCOC(c2cnn(C)c2)C1.I. The number of hydrogen-bond acceptors (Lipinski definition) is 4. The van der Waals surface area contributed by atoms with Gasteiger partial charge in [0, 0.05) is 32.4 Å². The molecule has 1 saturated heterocycles. The standard InChI is InChI=1S/C19H25N7O.HI/c1-13-4-5-15-16(8-13)24-18(23-15)10-21-19(20-2)26-6-7-27-17(12-26)14-9-22-25(3)11-14;/h4-5,8-9,11,17H,6-7,10,12H2,1-3H3,(H,20,21)(H,23,24);1H. The molecule has 9 heteroatoms. The first-order valence-electron chi connectivity index (χ1n) is 9.13. The number of imidazole rings is 1. The maximum Gasteiger partial charge on any atom is 0.194 e. The number of aliphatic imine (C=N–C) groups is 1. The van der Waals surface area contributed by atoms with Crippen LogP contribution in [-0.4, -0.2) is 57.4 Å². The van der Waals surface area contributed by atoms with E-state index in [1.54, 1.807) is 11.7 Å². The molecule has 0 aliphatic carbocycles. The second-order valence-electron chi connectivity index (χ2n) is 6.86. The molecule has 150 valence electrons. The Hall–Kier alpha value is -2.14. The summed E-state index contributed by atoms with van der Waals surface area (Å²) >= 11 is 0. The molecule has 2 aromatic heterocycles. The highest BCUT2D eigenvalue weighted by atomic mass is 127. The quantitative estimate of drug-likeness (QED) is 0.331. The summed E-state index contributed by atoms with van der Waals surface area (Å²) in [5, 5.41) is 7.66. The van der Waals surface area contributed by atoms with Gasteiger partial charge >= 0.3 is 0 Å². The molecule has 1 aliphatic rings. The van der Waals surface area contributed by atoms with Crippen LogP contribution in [0.3, 0.4) is 0 Å². The van der Waals surface area contributed by atoms with E-state index in [4.69, 9.17) is 4.74 Å². The summed E-state index contributed by atoms with van der Waals surface area (Å²) in [5.74, 6) is 1.75. The summed E-state index contributed by atoms with van der Waals surface area (Å²) in [5.41, 5.74) is 4.35. The van der Waals surface area contributed by atoms with Gasteiger partial charge in [0.25, 0.3) is 0 Å². The number of ether oxygens (including phenoxy) is 1. The molecule has 1 aromatic carbocycles. The number of aromatic nitrogens is 4. The van der Waals surface area contributed by atoms with Crippen molar-refractivity contribution in [3.05, 3.63) is 47.5 Å². The third kappa shape index (κ3) is 4.46. The first-order chi connectivity index (χ1) is 13.1. The maximum absolute atomic E-state index is 5.92. The molecule has 4 rings (SSSR count). The van der Waals surface area contributed by atoms with Gasteiger partial charge in [0.2, 0.25) is 0 Å². The number of aromatic amines is 1. The lowest BCUT2D eigenvalue weighted by Gasteiger charge is -2.34. The van der Waals surface area contributed by atoms with E-state index in [1.165, 1.54) is 5.56 Å². The molecular weight excluding hydrogens is 469 g/mol. The number of H-pyrrole nitrogens is 1. The van der Waals surface area contributed by atoms with Crippen LogP contribution in [0.2, 0.25) is 0 Å². The highest BCUT2D eigenvalue weighted by Gasteiger charge is 2.25. The first kappa shape index (κ1) is 20.6. The van der Waals surface area contributed by atoms with Crippen LogP contribution >= 0.6 is 24.0 Å². The van der Waals surface area contributed by atoms with Gasteiger partial charge < -0.3 is 19.9 Å². The summed E-state index contributed by atoms with van der Waals surface area (Å²) < 4.78 is 7.72. The zero-order chi connectivity index (χ0) is 18.8. The Morgan fingerprint density at radius 1 is 1.43 bits per heavy atom. The third-order valence-electron chi connectivity index (χ3n) is 4.77.